The molecule has 1 atom stereocenters. The van der Waals surface area contributed by atoms with E-state index < -0.39 is 5.97 Å². The lowest BCUT2D eigenvalue weighted by molar-refractivity contribution is -0.125. The molecule has 2 aromatic carbocycles. The summed E-state index contributed by atoms with van der Waals surface area (Å²) in [5.74, 6) is -0.0397. The number of hydrogen-bond acceptors (Lipinski definition) is 4. The molecular formula is C25H31NO4. The van der Waals surface area contributed by atoms with Crippen molar-refractivity contribution in [2.24, 2.45) is 0 Å². The molecule has 0 saturated carbocycles. The van der Waals surface area contributed by atoms with Crippen LogP contribution in [0.15, 0.2) is 54.6 Å². The number of carbonyl (C=O) groups is 2. The number of allylic oxidation sites excluding steroid dienone is 1. The SMILES string of the molecule is CCOC(=O)c1cc(C(C)=CC(=O)N(CC)CC)ccc1OC(C)c1ccccc1. The van der Waals surface area contributed by atoms with Gasteiger partial charge in [0.15, 0.2) is 0 Å². The third-order valence-corrected chi connectivity index (χ3v) is 4.92. The Hall–Kier alpha value is -3.08. The van der Waals surface area contributed by atoms with Crippen molar-refractivity contribution in [1.82, 2.24) is 4.90 Å². The monoisotopic (exact) mass is 409 g/mol. The van der Waals surface area contributed by atoms with E-state index in [1.807, 2.05) is 64.1 Å². The summed E-state index contributed by atoms with van der Waals surface area (Å²) in [7, 11) is 0. The number of nitrogens with zero attached hydrogens (tertiary/aromatic N) is 1. The lowest BCUT2D eigenvalue weighted by atomic mass is 10.0. The molecule has 0 bridgehead atoms. The highest BCUT2D eigenvalue weighted by Crippen LogP contribution is 2.29. The van der Waals surface area contributed by atoms with Gasteiger partial charge in [0.05, 0.1) is 6.61 Å². The number of benzene rings is 2. The van der Waals surface area contributed by atoms with Gasteiger partial charge in [-0.05, 0) is 63.5 Å². The van der Waals surface area contributed by atoms with Crippen molar-refractivity contribution in [3.8, 4) is 5.75 Å². The minimum absolute atomic E-state index is 0.0480. The van der Waals surface area contributed by atoms with E-state index in [2.05, 4.69) is 0 Å². The summed E-state index contributed by atoms with van der Waals surface area (Å²) in [4.78, 5) is 26.7. The van der Waals surface area contributed by atoms with Gasteiger partial charge in [0.25, 0.3) is 0 Å². The van der Waals surface area contributed by atoms with E-state index in [0.29, 0.717) is 24.4 Å². The number of carbonyl (C=O) groups excluding carboxylic acids is 2. The maximum Gasteiger partial charge on any atom is 0.341 e. The van der Waals surface area contributed by atoms with Crippen LogP contribution in [0.25, 0.3) is 5.57 Å². The molecule has 5 nitrogen and oxygen atoms in total. The van der Waals surface area contributed by atoms with Crippen molar-refractivity contribution in [3.63, 3.8) is 0 Å². The average molecular weight is 410 g/mol. The Balaban J connectivity index is 2.36. The van der Waals surface area contributed by atoms with Crippen molar-refractivity contribution in [2.45, 2.75) is 40.7 Å². The molecule has 0 aliphatic rings. The molecule has 1 unspecified atom stereocenters. The summed E-state index contributed by atoms with van der Waals surface area (Å²) in [5, 5.41) is 0. The van der Waals surface area contributed by atoms with Crippen LogP contribution in [-0.2, 0) is 9.53 Å². The fourth-order valence-corrected chi connectivity index (χ4v) is 3.12. The fraction of sp³-hybridized carbons (Fsp3) is 0.360. The minimum atomic E-state index is -0.447. The molecular weight excluding hydrogens is 378 g/mol. The van der Waals surface area contributed by atoms with E-state index in [1.54, 1.807) is 30.0 Å². The predicted octanol–water partition coefficient (Wildman–Crippen LogP) is 5.28. The first kappa shape index (κ1) is 23.2. The van der Waals surface area contributed by atoms with Crippen molar-refractivity contribution < 1.29 is 19.1 Å². The van der Waals surface area contributed by atoms with E-state index in [0.717, 1.165) is 16.7 Å². The first-order valence-corrected chi connectivity index (χ1v) is 10.4. The summed E-state index contributed by atoms with van der Waals surface area (Å²) in [6.07, 6.45) is 1.37. The first-order valence-electron chi connectivity index (χ1n) is 10.4. The molecule has 0 radical (unpaired) electrons. The third kappa shape index (κ3) is 5.96. The highest BCUT2D eigenvalue weighted by molar-refractivity contribution is 5.97. The second-order valence-corrected chi connectivity index (χ2v) is 6.94. The van der Waals surface area contributed by atoms with Gasteiger partial charge in [0.1, 0.15) is 17.4 Å². The Morgan fingerprint density at radius 2 is 1.70 bits per heavy atom. The van der Waals surface area contributed by atoms with E-state index in [1.165, 1.54) is 0 Å². The molecule has 0 aliphatic carbocycles. The van der Waals surface area contributed by atoms with E-state index >= 15 is 0 Å². The van der Waals surface area contributed by atoms with Crippen molar-refractivity contribution in [3.05, 3.63) is 71.3 Å². The van der Waals surface area contributed by atoms with Crippen LogP contribution in [-0.4, -0.2) is 36.5 Å². The van der Waals surface area contributed by atoms with Crippen LogP contribution in [0, 0.1) is 0 Å². The highest BCUT2D eigenvalue weighted by Gasteiger charge is 2.18. The lowest BCUT2D eigenvalue weighted by Gasteiger charge is -2.19. The third-order valence-electron chi connectivity index (χ3n) is 4.92. The molecule has 0 saturated heterocycles. The van der Waals surface area contributed by atoms with Gasteiger partial charge in [-0.1, -0.05) is 36.4 Å². The smallest absolute Gasteiger partial charge is 0.341 e. The number of rotatable bonds is 9. The van der Waals surface area contributed by atoms with Crippen molar-refractivity contribution in [2.75, 3.05) is 19.7 Å². The number of hydrogen-bond donors (Lipinski definition) is 0. The van der Waals surface area contributed by atoms with E-state index in [-0.39, 0.29) is 18.6 Å². The summed E-state index contributed by atoms with van der Waals surface area (Å²) >= 11 is 0. The molecule has 0 heterocycles. The van der Waals surface area contributed by atoms with Crippen LogP contribution in [0.3, 0.4) is 0 Å². The maximum absolute atomic E-state index is 12.6. The number of amides is 1. The highest BCUT2D eigenvalue weighted by atomic mass is 16.5. The van der Waals surface area contributed by atoms with Crippen molar-refractivity contribution in [1.29, 1.82) is 0 Å². The second kappa shape index (κ2) is 11.2. The zero-order chi connectivity index (χ0) is 22.1. The van der Waals surface area contributed by atoms with Gasteiger partial charge in [-0.2, -0.15) is 0 Å². The van der Waals surface area contributed by atoms with Crippen LogP contribution in [0.4, 0.5) is 0 Å². The topological polar surface area (TPSA) is 55.8 Å². The van der Waals surface area contributed by atoms with Crippen molar-refractivity contribution >= 4 is 17.4 Å². The van der Waals surface area contributed by atoms with Gasteiger partial charge >= 0.3 is 5.97 Å². The number of ether oxygens (including phenoxy) is 2. The van der Waals surface area contributed by atoms with E-state index in [4.69, 9.17) is 9.47 Å². The van der Waals surface area contributed by atoms with Gasteiger partial charge < -0.3 is 14.4 Å². The molecule has 0 N–H and O–H groups in total. The quantitative estimate of drug-likeness (QED) is 0.418. The Labute approximate surface area is 179 Å². The molecule has 2 aromatic rings. The van der Waals surface area contributed by atoms with Gasteiger partial charge in [-0.3, -0.25) is 4.79 Å². The maximum atomic E-state index is 12.6. The summed E-state index contributed by atoms with van der Waals surface area (Å²) < 4.78 is 11.3. The number of esters is 1. The Morgan fingerprint density at radius 3 is 2.30 bits per heavy atom. The first-order chi connectivity index (χ1) is 14.4. The Kier molecular flexibility index (Phi) is 8.66. The standard InChI is InChI=1S/C25H31NO4/c1-6-26(7-2)24(27)16-18(4)21-14-15-23(22(17-21)25(28)29-8-3)30-19(5)20-12-10-9-11-13-20/h9-17,19H,6-8H2,1-5H3. The minimum Gasteiger partial charge on any atom is -0.485 e. The van der Waals surface area contributed by atoms with Crippen LogP contribution in [0.1, 0.15) is 62.2 Å². The molecule has 30 heavy (non-hydrogen) atoms. The summed E-state index contributed by atoms with van der Waals surface area (Å²) in [6.45, 7) is 11.0. The molecule has 0 spiro atoms. The van der Waals surface area contributed by atoms with Gasteiger partial charge in [-0.25, -0.2) is 4.79 Å². The second-order valence-electron chi connectivity index (χ2n) is 6.94. The molecule has 0 aromatic heterocycles. The molecule has 160 valence electrons. The molecule has 5 heteroatoms. The molecule has 0 aliphatic heterocycles. The Morgan fingerprint density at radius 1 is 1.03 bits per heavy atom. The predicted molar refractivity (Wildman–Crippen MR) is 119 cm³/mol. The zero-order valence-electron chi connectivity index (χ0n) is 18.5. The fourth-order valence-electron chi connectivity index (χ4n) is 3.12. The van der Waals surface area contributed by atoms with Gasteiger partial charge in [0, 0.05) is 19.2 Å². The molecule has 2 rings (SSSR count). The van der Waals surface area contributed by atoms with Crippen LogP contribution in [0.5, 0.6) is 5.75 Å². The van der Waals surface area contributed by atoms with Crippen LogP contribution in [0.2, 0.25) is 0 Å². The zero-order valence-corrected chi connectivity index (χ0v) is 18.5. The largest absolute Gasteiger partial charge is 0.485 e. The summed E-state index contributed by atoms with van der Waals surface area (Å²) in [6, 6.07) is 15.2. The molecule has 0 fully saturated rings. The lowest BCUT2D eigenvalue weighted by Crippen LogP contribution is -2.28. The average Bonchev–Trinajstić information content (AvgIpc) is 2.75. The summed E-state index contributed by atoms with van der Waals surface area (Å²) in [5.41, 5.74) is 2.91. The van der Waals surface area contributed by atoms with Crippen LogP contribution < -0.4 is 4.74 Å². The van der Waals surface area contributed by atoms with E-state index in [9.17, 15) is 9.59 Å². The number of likely N-dealkylation sites (N-methyl/N-ethyl adjacent to an activating group) is 1. The Bertz CT molecular complexity index is 885. The van der Waals surface area contributed by atoms with Gasteiger partial charge in [-0.15, -0.1) is 0 Å². The van der Waals surface area contributed by atoms with Gasteiger partial charge in [0.2, 0.25) is 5.91 Å². The van der Waals surface area contributed by atoms with Crippen LogP contribution >= 0.6 is 0 Å². The molecule has 1 amide bonds. The normalized spacial score (nSPS) is 12.2.